The van der Waals surface area contributed by atoms with E-state index < -0.39 is 7.12 Å². The highest BCUT2D eigenvalue weighted by atomic mass is 16.4. The van der Waals surface area contributed by atoms with Gasteiger partial charge in [-0.3, -0.25) is 4.79 Å². The van der Waals surface area contributed by atoms with Crippen LogP contribution >= 0.6 is 0 Å². The van der Waals surface area contributed by atoms with Gasteiger partial charge in [0.2, 0.25) is 0 Å². The molecule has 0 saturated heterocycles. The van der Waals surface area contributed by atoms with Gasteiger partial charge in [-0.2, -0.15) is 0 Å². The molecule has 0 aliphatic carbocycles. The first-order chi connectivity index (χ1) is 11.6. The van der Waals surface area contributed by atoms with Gasteiger partial charge in [0.15, 0.2) is 0 Å². The quantitative estimate of drug-likeness (QED) is 0.647. The first-order valence-corrected chi connectivity index (χ1v) is 7.57. The van der Waals surface area contributed by atoms with Gasteiger partial charge in [-0.25, -0.2) is 0 Å². The van der Waals surface area contributed by atoms with Gasteiger partial charge in [-0.05, 0) is 40.9 Å². The van der Waals surface area contributed by atoms with Crippen LogP contribution in [0.25, 0.3) is 11.1 Å². The molecule has 1 amide bonds. The summed E-state index contributed by atoms with van der Waals surface area (Å²) in [5, 5.41) is 21.9. The van der Waals surface area contributed by atoms with Crippen LogP contribution < -0.4 is 10.8 Å². The van der Waals surface area contributed by atoms with Crippen LogP contribution in [0.1, 0.15) is 10.4 Å². The number of anilines is 1. The van der Waals surface area contributed by atoms with Gasteiger partial charge in [0, 0.05) is 11.3 Å². The largest absolute Gasteiger partial charge is 0.489 e. The Morgan fingerprint density at radius 3 is 2.29 bits per heavy atom. The summed E-state index contributed by atoms with van der Waals surface area (Å²) in [6.07, 6.45) is 0. The van der Waals surface area contributed by atoms with E-state index in [0.717, 1.165) is 5.56 Å². The Labute approximate surface area is 140 Å². The first-order valence-electron chi connectivity index (χ1n) is 7.57. The van der Waals surface area contributed by atoms with Crippen molar-refractivity contribution in [1.29, 1.82) is 0 Å². The van der Waals surface area contributed by atoms with Crippen LogP contribution in [0.4, 0.5) is 5.69 Å². The predicted molar refractivity (Wildman–Crippen MR) is 96.1 cm³/mol. The van der Waals surface area contributed by atoms with Crippen molar-refractivity contribution in [2.45, 2.75) is 0 Å². The third-order valence-electron chi connectivity index (χ3n) is 3.71. The number of nitrogens with one attached hydrogen (secondary N) is 1. The molecule has 4 nitrogen and oxygen atoms in total. The summed E-state index contributed by atoms with van der Waals surface area (Å²) in [4.78, 5) is 12.2. The van der Waals surface area contributed by atoms with Gasteiger partial charge in [0.25, 0.3) is 5.91 Å². The fourth-order valence-corrected chi connectivity index (χ4v) is 2.54. The van der Waals surface area contributed by atoms with Gasteiger partial charge < -0.3 is 15.4 Å². The normalized spacial score (nSPS) is 10.2. The van der Waals surface area contributed by atoms with E-state index in [1.807, 2.05) is 48.5 Å². The van der Waals surface area contributed by atoms with Crippen molar-refractivity contribution in [1.82, 2.24) is 0 Å². The first kappa shape index (κ1) is 16.0. The number of carbonyl (C=O) groups is 1. The zero-order chi connectivity index (χ0) is 16.9. The molecule has 3 aromatic rings. The molecule has 0 aromatic heterocycles. The highest BCUT2D eigenvalue weighted by molar-refractivity contribution is 6.60. The molecule has 118 valence electrons. The van der Waals surface area contributed by atoms with Gasteiger partial charge in [0.1, 0.15) is 0 Å². The van der Waals surface area contributed by atoms with Gasteiger partial charge in [0.05, 0.1) is 0 Å². The minimum atomic E-state index is -1.55. The molecule has 0 fully saturated rings. The molecule has 0 heterocycles. The second kappa shape index (κ2) is 7.13. The Balaban J connectivity index is 1.89. The summed E-state index contributed by atoms with van der Waals surface area (Å²) in [6.45, 7) is 0. The average Bonchev–Trinajstić information content (AvgIpc) is 2.62. The maximum Gasteiger partial charge on any atom is 0.489 e. The van der Waals surface area contributed by atoms with Crippen molar-refractivity contribution in [3.05, 3.63) is 84.4 Å². The van der Waals surface area contributed by atoms with E-state index in [1.54, 1.807) is 30.3 Å². The molecule has 0 radical (unpaired) electrons. The van der Waals surface area contributed by atoms with E-state index in [2.05, 4.69) is 5.32 Å². The lowest BCUT2D eigenvalue weighted by Gasteiger charge is -2.11. The fraction of sp³-hybridized carbons (Fsp3) is 0. The third kappa shape index (κ3) is 3.54. The second-order valence-corrected chi connectivity index (χ2v) is 5.36. The Morgan fingerprint density at radius 2 is 1.54 bits per heavy atom. The number of amides is 1. The molecule has 3 aromatic carbocycles. The molecule has 0 atom stereocenters. The molecule has 0 saturated carbocycles. The minimum absolute atomic E-state index is 0.191. The summed E-state index contributed by atoms with van der Waals surface area (Å²) >= 11 is 0. The van der Waals surface area contributed by atoms with Crippen molar-refractivity contribution in [2.24, 2.45) is 0 Å². The Bertz CT molecular complexity index is 850. The van der Waals surface area contributed by atoms with Crippen LogP contribution in [0.3, 0.4) is 0 Å². The number of hydrogen-bond acceptors (Lipinski definition) is 3. The lowest BCUT2D eigenvalue weighted by Crippen LogP contribution is -2.31. The molecule has 3 rings (SSSR count). The topological polar surface area (TPSA) is 69.6 Å². The van der Waals surface area contributed by atoms with Crippen molar-refractivity contribution in [2.75, 3.05) is 5.32 Å². The number of carbonyl (C=O) groups excluding carboxylic acids is 1. The van der Waals surface area contributed by atoms with Gasteiger partial charge >= 0.3 is 7.12 Å². The molecule has 0 aliphatic rings. The summed E-state index contributed by atoms with van der Waals surface area (Å²) < 4.78 is 0. The van der Waals surface area contributed by atoms with Crippen LogP contribution in [0.15, 0.2) is 78.9 Å². The summed E-state index contributed by atoms with van der Waals surface area (Å²) in [5.41, 5.74) is 3.15. The Morgan fingerprint density at radius 1 is 0.833 bits per heavy atom. The zero-order valence-electron chi connectivity index (χ0n) is 12.9. The standard InChI is InChI=1S/C19H16BNO3/c22-19(14-7-2-1-3-8-14)21-16-10-6-9-15(13-16)17-11-4-5-12-18(17)20(23)24/h1-13,23-24H,(H,21,22). The summed E-state index contributed by atoms with van der Waals surface area (Å²) in [7, 11) is -1.55. The lowest BCUT2D eigenvalue weighted by atomic mass is 9.75. The van der Waals surface area contributed by atoms with Crippen molar-refractivity contribution >= 4 is 24.2 Å². The Kier molecular flexibility index (Phi) is 4.75. The molecule has 0 bridgehead atoms. The van der Waals surface area contributed by atoms with Crippen LogP contribution in [0.2, 0.25) is 0 Å². The molecular formula is C19H16BNO3. The second-order valence-electron chi connectivity index (χ2n) is 5.36. The van der Waals surface area contributed by atoms with E-state index in [9.17, 15) is 14.8 Å². The van der Waals surface area contributed by atoms with Crippen molar-refractivity contribution in [3.63, 3.8) is 0 Å². The SMILES string of the molecule is O=C(Nc1cccc(-c2ccccc2B(O)O)c1)c1ccccc1. The van der Waals surface area contributed by atoms with E-state index in [-0.39, 0.29) is 5.91 Å². The lowest BCUT2D eigenvalue weighted by molar-refractivity contribution is 0.102. The summed E-state index contributed by atoms with van der Waals surface area (Å²) in [5.74, 6) is -0.191. The van der Waals surface area contributed by atoms with Crippen LogP contribution in [0.5, 0.6) is 0 Å². The molecule has 3 N–H and O–H groups in total. The summed E-state index contributed by atoms with van der Waals surface area (Å²) in [6, 6.07) is 23.3. The average molecular weight is 317 g/mol. The fourth-order valence-electron chi connectivity index (χ4n) is 2.54. The smallest absolute Gasteiger partial charge is 0.423 e. The molecule has 5 heteroatoms. The number of benzene rings is 3. The van der Waals surface area contributed by atoms with E-state index in [1.165, 1.54) is 0 Å². The van der Waals surface area contributed by atoms with E-state index in [4.69, 9.17) is 0 Å². The van der Waals surface area contributed by atoms with Crippen LogP contribution in [-0.2, 0) is 0 Å². The molecule has 24 heavy (non-hydrogen) atoms. The predicted octanol–water partition coefficient (Wildman–Crippen LogP) is 2.29. The monoisotopic (exact) mass is 317 g/mol. The maximum absolute atomic E-state index is 12.2. The van der Waals surface area contributed by atoms with Crippen molar-refractivity contribution < 1.29 is 14.8 Å². The minimum Gasteiger partial charge on any atom is -0.423 e. The molecule has 0 aliphatic heterocycles. The maximum atomic E-state index is 12.2. The van der Waals surface area contributed by atoms with Gasteiger partial charge in [-0.15, -0.1) is 0 Å². The highest BCUT2D eigenvalue weighted by Crippen LogP contribution is 2.22. The van der Waals surface area contributed by atoms with Gasteiger partial charge in [-0.1, -0.05) is 54.6 Å². The molecular weight excluding hydrogens is 301 g/mol. The zero-order valence-corrected chi connectivity index (χ0v) is 12.9. The van der Waals surface area contributed by atoms with E-state index in [0.29, 0.717) is 22.3 Å². The molecule has 0 unspecified atom stereocenters. The molecule has 0 spiro atoms. The third-order valence-corrected chi connectivity index (χ3v) is 3.71. The Hall–Kier alpha value is -2.89. The van der Waals surface area contributed by atoms with Crippen molar-refractivity contribution in [3.8, 4) is 11.1 Å². The van der Waals surface area contributed by atoms with Crippen LogP contribution in [-0.4, -0.2) is 23.1 Å². The number of rotatable bonds is 4. The van der Waals surface area contributed by atoms with Crippen LogP contribution in [0, 0.1) is 0 Å². The van der Waals surface area contributed by atoms with E-state index >= 15 is 0 Å². The number of hydrogen-bond donors (Lipinski definition) is 3. The highest BCUT2D eigenvalue weighted by Gasteiger charge is 2.16.